The quantitative estimate of drug-likeness (QED) is 0.277. The monoisotopic (exact) mass is 438 g/mol. The molecule has 33 heavy (non-hydrogen) atoms. The van der Waals surface area contributed by atoms with Crippen molar-refractivity contribution in [3.8, 4) is 0 Å². The van der Waals surface area contributed by atoms with Crippen LogP contribution in [0, 0.1) is 5.82 Å². The van der Waals surface area contributed by atoms with E-state index in [1.54, 1.807) is 42.6 Å². The first-order chi connectivity index (χ1) is 16.1. The van der Waals surface area contributed by atoms with Gasteiger partial charge in [-0.25, -0.2) is 4.39 Å². The minimum absolute atomic E-state index is 0.00324. The van der Waals surface area contributed by atoms with E-state index < -0.39 is 23.5 Å². The molecule has 1 aromatic heterocycles. The Labute approximate surface area is 189 Å². The Morgan fingerprint density at radius 2 is 1.64 bits per heavy atom. The number of fused-ring (bicyclic) bond motifs is 1. The standard InChI is InChI=1S/C27H19FN2O3/c28-22-14-4-3-12-21(22)24-23(25(31)20-13-7-9-17-8-1-2-11-19(17)20)26(32)27(33)30(24)16-18-10-5-6-15-29-18/h1-15,24,31H,16H2/b25-23+. The number of amides is 1. The molecule has 1 amide bonds. The van der Waals surface area contributed by atoms with Crippen LogP contribution in [0.4, 0.5) is 4.39 Å². The van der Waals surface area contributed by atoms with Gasteiger partial charge in [0.25, 0.3) is 11.7 Å². The first kappa shape index (κ1) is 20.6. The molecule has 0 radical (unpaired) electrons. The Morgan fingerprint density at radius 1 is 0.909 bits per heavy atom. The van der Waals surface area contributed by atoms with Crippen molar-refractivity contribution in [2.24, 2.45) is 0 Å². The SMILES string of the molecule is O=C1C(=O)N(Cc2ccccn2)C(c2ccccc2F)/C1=C(\O)c1cccc2ccccc12. The normalized spacial score (nSPS) is 17.6. The zero-order valence-electron chi connectivity index (χ0n) is 17.5. The van der Waals surface area contributed by atoms with Crippen molar-refractivity contribution in [3.63, 3.8) is 0 Å². The average Bonchev–Trinajstić information content (AvgIpc) is 3.09. The number of hydrogen-bond donors (Lipinski definition) is 1. The van der Waals surface area contributed by atoms with Crippen LogP contribution >= 0.6 is 0 Å². The van der Waals surface area contributed by atoms with Crippen LogP contribution in [0.2, 0.25) is 0 Å². The van der Waals surface area contributed by atoms with E-state index in [2.05, 4.69) is 4.98 Å². The maximum atomic E-state index is 14.9. The minimum atomic E-state index is -1.09. The van der Waals surface area contributed by atoms with E-state index in [0.717, 1.165) is 10.8 Å². The van der Waals surface area contributed by atoms with Gasteiger partial charge in [-0.2, -0.15) is 0 Å². The predicted molar refractivity (Wildman–Crippen MR) is 122 cm³/mol. The van der Waals surface area contributed by atoms with Gasteiger partial charge in [0, 0.05) is 17.3 Å². The molecule has 6 heteroatoms. The number of nitrogens with zero attached hydrogens (tertiary/aromatic N) is 2. The zero-order valence-corrected chi connectivity index (χ0v) is 17.5. The topological polar surface area (TPSA) is 70.5 Å². The largest absolute Gasteiger partial charge is 0.507 e. The van der Waals surface area contributed by atoms with Gasteiger partial charge in [0.15, 0.2) is 0 Å². The molecule has 1 N–H and O–H groups in total. The van der Waals surface area contributed by atoms with Crippen molar-refractivity contribution < 1.29 is 19.1 Å². The van der Waals surface area contributed by atoms with Crippen LogP contribution in [0.1, 0.15) is 22.9 Å². The predicted octanol–water partition coefficient (Wildman–Crippen LogP) is 5.00. The van der Waals surface area contributed by atoms with Crippen molar-refractivity contribution >= 4 is 28.2 Å². The smallest absolute Gasteiger partial charge is 0.296 e. The summed E-state index contributed by atoms with van der Waals surface area (Å²) in [5.74, 6) is -2.57. The number of carbonyl (C=O) groups excluding carboxylic acids is 2. The fourth-order valence-corrected chi connectivity index (χ4v) is 4.31. The van der Waals surface area contributed by atoms with Gasteiger partial charge >= 0.3 is 0 Å². The zero-order chi connectivity index (χ0) is 22.9. The third kappa shape index (κ3) is 3.55. The van der Waals surface area contributed by atoms with Crippen LogP contribution in [-0.2, 0) is 16.1 Å². The van der Waals surface area contributed by atoms with E-state index in [1.165, 1.54) is 23.1 Å². The molecule has 162 valence electrons. The summed E-state index contributed by atoms with van der Waals surface area (Å²) in [6, 6.07) is 22.9. The molecule has 0 saturated carbocycles. The first-order valence-electron chi connectivity index (χ1n) is 10.5. The fraction of sp³-hybridized carbons (Fsp3) is 0.0741. The molecular formula is C27H19FN2O3. The van der Waals surface area contributed by atoms with Gasteiger partial charge in [0.2, 0.25) is 0 Å². The molecule has 1 aliphatic heterocycles. The molecule has 0 bridgehead atoms. The summed E-state index contributed by atoms with van der Waals surface area (Å²) in [7, 11) is 0. The summed E-state index contributed by atoms with van der Waals surface area (Å²) >= 11 is 0. The fourth-order valence-electron chi connectivity index (χ4n) is 4.31. The van der Waals surface area contributed by atoms with Crippen LogP contribution < -0.4 is 0 Å². The Balaban J connectivity index is 1.73. The second-order valence-electron chi connectivity index (χ2n) is 7.80. The lowest BCUT2D eigenvalue weighted by atomic mass is 9.93. The van der Waals surface area contributed by atoms with Crippen molar-refractivity contribution in [3.05, 3.63) is 119 Å². The second-order valence-corrected chi connectivity index (χ2v) is 7.80. The third-order valence-corrected chi connectivity index (χ3v) is 5.84. The average molecular weight is 438 g/mol. The molecule has 1 atom stereocenters. The third-order valence-electron chi connectivity index (χ3n) is 5.84. The molecule has 1 aliphatic rings. The molecule has 3 aromatic carbocycles. The summed E-state index contributed by atoms with van der Waals surface area (Å²) in [4.78, 5) is 31.8. The van der Waals surface area contributed by atoms with E-state index in [4.69, 9.17) is 0 Å². The number of aliphatic hydroxyl groups is 1. The molecule has 0 spiro atoms. The number of aromatic nitrogens is 1. The van der Waals surface area contributed by atoms with Crippen molar-refractivity contribution in [2.45, 2.75) is 12.6 Å². The summed E-state index contributed by atoms with van der Waals surface area (Å²) in [5, 5.41) is 12.9. The Morgan fingerprint density at radius 3 is 2.42 bits per heavy atom. The molecular weight excluding hydrogens is 419 g/mol. The molecule has 4 aromatic rings. The highest BCUT2D eigenvalue weighted by Gasteiger charge is 2.47. The molecule has 5 rings (SSSR count). The lowest BCUT2D eigenvalue weighted by molar-refractivity contribution is -0.140. The molecule has 5 nitrogen and oxygen atoms in total. The van der Waals surface area contributed by atoms with Crippen LogP contribution in [0.3, 0.4) is 0 Å². The van der Waals surface area contributed by atoms with Gasteiger partial charge < -0.3 is 10.0 Å². The number of benzene rings is 3. The highest BCUT2D eigenvalue weighted by atomic mass is 19.1. The summed E-state index contributed by atoms with van der Waals surface area (Å²) in [5.41, 5.74) is 0.947. The van der Waals surface area contributed by atoms with Crippen molar-refractivity contribution in [1.82, 2.24) is 9.88 Å². The highest BCUT2D eigenvalue weighted by Crippen LogP contribution is 2.41. The van der Waals surface area contributed by atoms with Crippen LogP contribution in [0.25, 0.3) is 16.5 Å². The molecule has 1 saturated heterocycles. The van der Waals surface area contributed by atoms with Crippen LogP contribution in [-0.4, -0.2) is 26.7 Å². The number of pyridine rings is 1. The van der Waals surface area contributed by atoms with E-state index in [1.807, 2.05) is 30.3 Å². The van der Waals surface area contributed by atoms with Gasteiger partial charge in [-0.3, -0.25) is 14.6 Å². The number of carbonyl (C=O) groups is 2. The summed E-state index contributed by atoms with van der Waals surface area (Å²) in [6.07, 6.45) is 1.58. The Hall–Kier alpha value is -4.32. The van der Waals surface area contributed by atoms with Crippen molar-refractivity contribution in [2.75, 3.05) is 0 Å². The first-order valence-corrected chi connectivity index (χ1v) is 10.5. The van der Waals surface area contributed by atoms with Crippen molar-refractivity contribution in [1.29, 1.82) is 0 Å². The van der Waals surface area contributed by atoms with Gasteiger partial charge in [0.05, 0.1) is 23.9 Å². The van der Waals surface area contributed by atoms with E-state index in [-0.39, 0.29) is 23.4 Å². The maximum Gasteiger partial charge on any atom is 0.296 e. The molecule has 2 heterocycles. The molecule has 0 aliphatic carbocycles. The molecule has 1 unspecified atom stereocenters. The Bertz CT molecular complexity index is 1410. The number of rotatable bonds is 4. The minimum Gasteiger partial charge on any atom is -0.507 e. The number of Topliss-reactive ketones (excluding diaryl/α,β-unsaturated/α-hetero) is 1. The number of aliphatic hydroxyl groups excluding tert-OH is 1. The summed E-state index contributed by atoms with van der Waals surface area (Å²) < 4.78 is 14.9. The van der Waals surface area contributed by atoms with E-state index in [9.17, 15) is 19.1 Å². The number of likely N-dealkylation sites (tertiary alicyclic amines) is 1. The lowest BCUT2D eigenvalue weighted by Crippen LogP contribution is -2.30. The van der Waals surface area contributed by atoms with E-state index in [0.29, 0.717) is 11.3 Å². The number of halogens is 1. The van der Waals surface area contributed by atoms with Crippen LogP contribution in [0.15, 0.2) is 96.7 Å². The number of hydrogen-bond acceptors (Lipinski definition) is 4. The second kappa shape index (κ2) is 8.31. The molecule has 1 fully saturated rings. The lowest BCUT2D eigenvalue weighted by Gasteiger charge is -2.25. The van der Waals surface area contributed by atoms with Gasteiger partial charge in [-0.05, 0) is 29.0 Å². The summed E-state index contributed by atoms with van der Waals surface area (Å²) in [6.45, 7) is -0.00324. The number of ketones is 1. The van der Waals surface area contributed by atoms with Gasteiger partial charge in [0.1, 0.15) is 11.6 Å². The van der Waals surface area contributed by atoms with Gasteiger partial charge in [-0.1, -0.05) is 66.7 Å². The Kier molecular flexibility index (Phi) is 5.18. The highest BCUT2D eigenvalue weighted by molar-refractivity contribution is 6.46. The van der Waals surface area contributed by atoms with Gasteiger partial charge in [-0.15, -0.1) is 0 Å². The maximum absolute atomic E-state index is 14.9. The van der Waals surface area contributed by atoms with Crippen LogP contribution in [0.5, 0.6) is 0 Å². The van der Waals surface area contributed by atoms with E-state index >= 15 is 0 Å².